The quantitative estimate of drug-likeness (QED) is 0.684. The smallest absolute Gasteiger partial charge is 0.168 e. The minimum absolute atomic E-state index is 0.308. The Morgan fingerprint density at radius 3 is 2.79 bits per heavy atom. The number of carbonyl (C=O) groups excluding carboxylic acids is 1. The molecule has 0 saturated carbocycles. The monoisotopic (exact) mass is 338 g/mol. The fourth-order valence-electron chi connectivity index (χ4n) is 2.24. The molecule has 1 aromatic carbocycles. The van der Waals surface area contributed by atoms with Crippen molar-refractivity contribution < 1.29 is 4.79 Å². The number of hydrogen-bond donors (Lipinski definition) is 0. The second kappa shape index (κ2) is 7.91. The van der Waals surface area contributed by atoms with E-state index in [1.807, 2.05) is 18.2 Å². The SMILES string of the molecule is O=C(CSc1ccccc1Br)/C1=C/CCCCCC1. The van der Waals surface area contributed by atoms with Crippen LogP contribution in [-0.2, 0) is 4.79 Å². The molecular weight excluding hydrogens is 320 g/mol. The first kappa shape index (κ1) is 14.9. The summed E-state index contributed by atoms with van der Waals surface area (Å²) in [5.41, 5.74) is 1.05. The Labute approximate surface area is 128 Å². The predicted octanol–water partition coefficient (Wildman–Crippen LogP) is 5.39. The number of thioether (sulfide) groups is 1. The van der Waals surface area contributed by atoms with Gasteiger partial charge < -0.3 is 0 Å². The Balaban J connectivity index is 1.91. The van der Waals surface area contributed by atoms with E-state index >= 15 is 0 Å². The summed E-state index contributed by atoms with van der Waals surface area (Å²) in [4.78, 5) is 13.4. The van der Waals surface area contributed by atoms with Crippen molar-refractivity contribution in [2.75, 3.05) is 5.75 Å². The summed E-state index contributed by atoms with van der Waals surface area (Å²) in [6, 6.07) is 8.07. The molecule has 0 aromatic heterocycles. The standard InChI is InChI=1S/C16H19BrOS/c17-14-10-6-7-11-16(14)19-12-15(18)13-8-4-2-1-3-5-9-13/h6-8,10-11H,1-5,9,12H2/b13-8+. The zero-order chi connectivity index (χ0) is 13.5. The maximum absolute atomic E-state index is 12.2. The van der Waals surface area contributed by atoms with Crippen LogP contribution < -0.4 is 0 Å². The van der Waals surface area contributed by atoms with Gasteiger partial charge in [0.1, 0.15) is 0 Å². The lowest BCUT2D eigenvalue weighted by Crippen LogP contribution is -2.07. The second-order valence-electron chi connectivity index (χ2n) is 4.82. The molecule has 1 aromatic rings. The fourth-order valence-corrected chi connectivity index (χ4v) is 3.72. The van der Waals surface area contributed by atoms with E-state index in [-0.39, 0.29) is 0 Å². The summed E-state index contributed by atoms with van der Waals surface area (Å²) >= 11 is 5.14. The third kappa shape index (κ3) is 4.81. The molecule has 3 heteroatoms. The first-order valence-corrected chi connectivity index (χ1v) is 8.65. The Bertz CT molecular complexity index is 468. The third-order valence-electron chi connectivity index (χ3n) is 3.34. The molecule has 2 rings (SSSR count). The Kier molecular flexibility index (Phi) is 6.18. The van der Waals surface area contributed by atoms with Crippen LogP contribution in [0.15, 0.2) is 45.3 Å². The summed E-state index contributed by atoms with van der Waals surface area (Å²) in [6.45, 7) is 0. The molecule has 1 aliphatic rings. The highest BCUT2D eigenvalue weighted by molar-refractivity contribution is 9.10. The van der Waals surface area contributed by atoms with E-state index in [0.29, 0.717) is 11.5 Å². The number of rotatable bonds is 4. The first-order chi connectivity index (χ1) is 9.27. The second-order valence-corrected chi connectivity index (χ2v) is 6.70. The summed E-state index contributed by atoms with van der Waals surface area (Å²) in [7, 11) is 0. The molecule has 0 saturated heterocycles. The van der Waals surface area contributed by atoms with Crippen LogP contribution >= 0.6 is 27.7 Å². The van der Waals surface area contributed by atoms with Gasteiger partial charge in [-0.25, -0.2) is 0 Å². The van der Waals surface area contributed by atoms with Gasteiger partial charge >= 0.3 is 0 Å². The van der Waals surface area contributed by atoms with E-state index in [1.54, 1.807) is 11.8 Å². The lowest BCUT2D eigenvalue weighted by atomic mass is 9.98. The van der Waals surface area contributed by atoms with Crippen molar-refractivity contribution in [3.05, 3.63) is 40.4 Å². The summed E-state index contributed by atoms with van der Waals surface area (Å²) < 4.78 is 1.07. The molecule has 0 fully saturated rings. The van der Waals surface area contributed by atoms with E-state index in [4.69, 9.17) is 0 Å². The van der Waals surface area contributed by atoms with E-state index in [0.717, 1.165) is 34.2 Å². The molecule has 19 heavy (non-hydrogen) atoms. The van der Waals surface area contributed by atoms with Crippen molar-refractivity contribution in [2.45, 2.75) is 43.4 Å². The van der Waals surface area contributed by atoms with Crippen molar-refractivity contribution in [1.29, 1.82) is 0 Å². The normalized spacial score (nSPS) is 19.1. The van der Waals surface area contributed by atoms with Crippen LogP contribution in [0.25, 0.3) is 0 Å². The number of ketones is 1. The highest BCUT2D eigenvalue weighted by Gasteiger charge is 2.12. The van der Waals surface area contributed by atoms with Crippen LogP contribution in [-0.4, -0.2) is 11.5 Å². The highest BCUT2D eigenvalue weighted by Crippen LogP contribution is 2.28. The molecule has 0 spiro atoms. The van der Waals surface area contributed by atoms with Crippen LogP contribution in [0.2, 0.25) is 0 Å². The number of hydrogen-bond acceptors (Lipinski definition) is 2. The first-order valence-electron chi connectivity index (χ1n) is 6.87. The van der Waals surface area contributed by atoms with Gasteiger partial charge in [-0.3, -0.25) is 4.79 Å². The minimum atomic E-state index is 0.308. The average Bonchev–Trinajstić information content (AvgIpc) is 2.37. The van der Waals surface area contributed by atoms with Gasteiger partial charge in [0.15, 0.2) is 5.78 Å². The Morgan fingerprint density at radius 1 is 1.16 bits per heavy atom. The van der Waals surface area contributed by atoms with Gasteiger partial charge in [-0.05, 0) is 59.3 Å². The molecule has 0 bridgehead atoms. The number of benzene rings is 1. The van der Waals surface area contributed by atoms with Crippen LogP contribution in [0.1, 0.15) is 38.5 Å². The van der Waals surface area contributed by atoms with Crippen molar-refractivity contribution in [3.63, 3.8) is 0 Å². The van der Waals surface area contributed by atoms with Crippen molar-refractivity contribution in [2.24, 2.45) is 0 Å². The third-order valence-corrected chi connectivity index (χ3v) is 5.37. The summed E-state index contributed by atoms with van der Waals surface area (Å²) in [5.74, 6) is 0.858. The van der Waals surface area contributed by atoms with Gasteiger partial charge in [0.2, 0.25) is 0 Å². The van der Waals surface area contributed by atoms with E-state index < -0.39 is 0 Å². The lowest BCUT2D eigenvalue weighted by Gasteiger charge is -2.10. The average molecular weight is 339 g/mol. The number of halogens is 1. The molecule has 102 valence electrons. The van der Waals surface area contributed by atoms with Crippen molar-refractivity contribution >= 4 is 33.5 Å². The fraction of sp³-hybridized carbons (Fsp3) is 0.438. The molecule has 0 aliphatic heterocycles. The van der Waals surface area contributed by atoms with Crippen LogP contribution in [0.5, 0.6) is 0 Å². The van der Waals surface area contributed by atoms with Gasteiger partial charge in [-0.1, -0.05) is 31.1 Å². The zero-order valence-corrected chi connectivity index (χ0v) is 13.4. The van der Waals surface area contributed by atoms with Gasteiger partial charge in [0.25, 0.3) is 0 Å². The minimum Gasteiger partial charge on any atom is -0.294 e. The van der Waals surface area contributed by atoms with Gasteiger partial charge in [-0.15, -0.1) is 11.8 Å². The topological polar surface area (TPSA) is 17.1 Å². The van der Waals surface area contributed by atoms with E-state index in [2.05, 4.69) is 28.1 Å². The molecule has 1 nitrogen and oxygen atoms in total. The Morgan fingerprint density at radius 2 is 1.95 bits per heavy atom. The van der Waals surface area contributed by atoms with Gasteiger partial charge in [-0.2, -0.15) is 0 Å². The molecule has 0 N–H and O–H groups in total. The van der Waals surface area contributed by atoms with E-state index in [1.165, 1.54) is 19.3 Å². The lowest BCUT2D eigenvalue weighted by molar-refractivity contribution is -0.113. The summed E-state index contributed by atoms with van der Waals surface area (Å²) in [5, 5.41) is 0. The molecule has 0 radical (unpaired) electrons. The number of allylic oxidation sites excluding steroid dienone is 2. The maximum Gasteiger partial charge on any atom is 0.168 e. The molecule has 1 aliphatic carbocycles. The summed E-state index contributed by atoms with van der Waals surface area (Å²) in [6.07, 6.45) is 9.18. The Hall–Kier alpha value is -0.540. The van der Waals surface area contributed by atoms with Crippen LogP contribution in [0, 0.1) is 0 Å². The van der Waals surface area contributed by atoms with Gasteiger partial charge in [0.05, 0.1) is 5.75 Å². The largest absolute Gasteiger partial charge is 0.294 e. The predicted molar refractivity (Wildman–Crippen MR) is 85.7 cm³/mol. The van der Waals surface area contributed by atoms with E-state index in [9.17, 15) is 4.79 Å². The number of carbonyl (C=O) groups is 1. The molecule has 0 atom stereocenters. The van der Waals surface area contributed by atoms with Crippen molar-refractivity contribution in [3.8, 4) is 0 Å². The zero-order valence-electron chi connectivity index (χ0n) is 11.0. The maximum atomic E-state index is 12.2. The number of Topliss-reactive ketones (excluding diaryl/α,β-unsaturated/α-hetero) is 1. The van der Waals surface area contributed by atoms with Gasteiger partial charge in [0, 0.05) is 9.37 Å². The molecule has 0 amide bonds. The molecule has 0 heterocycles. The van der Waals surface area contributed by atoms with Crippen molar-refractivity contribution in [1.82, 2.24) is 0 Å². The van der Waals surface area contributed by atoms with Crippen LogP contribution in [0.4, 0.5) is 0 Å². The van der Waals surface area contributed by atoms with Crippen LogP contribution in [0.3, 0.4) is 0 Å². The highest BCUT2D eigenvalue weighted by atomic mass is 79.9. The molecular formula is C16H19BrOS. The molecule has 0 unspecified atom stereocenters.